The van der Waals surface area contributed by atoms with E-state index in [0.29, 0.717) is 5.69 Å². The van der Waals surface area contributed by atoms with Crippen LogP contribution in [0.4, 0.5) is 5.69 Å². The van der Waals surface area contributed by atoms with Crippen LogP contribution in [0.2, 0.25) is 0 Å². The van der Waals surface area contributed by atoms with E-state index in [1.807, 2.05) is 13.8 Å². The summed E-state index contributed by atoms with van der Waals surface area (Å²) >= 11 is 3.44. The molecule has 6 nitrogen and oxygen atoms in total. The average Bonchev–Trinajstić information content (AvgIpc) is 2.85. The number of aromatic nitrogens is 2. The molecule has 0 atom stereocenters. The molecule has 0 aliphatic carbocycles. The Morgan fingerprint density at radius 3 is 2.45 bits per heavy atom. The molecule has 0 bridgehead atoms. The van der Waals surface area contributed by atoms with Crippen molar-refractivity contribution in [2.45, 2.75) is 13.8 Å². The van der Waals surface area contributed by atoms with E-state index < -0.39 is 11.9 Å². The number of amides is 1. The van der Waals surface area contributed by atoms with Gasteiger partial charge < -0.3 is 15.4 Å². The zero-order valence-corrected chi connectivity index (χ0v) is 12.4. The van der Waals surface area contributed by atoms with Crippen molar-refractivity contribution in [3.63, 3.8) is 0 Å². The SMILES string of the molecule is Cc1cc(NC(=O)c2nc[nH]c2C(=O)O)cc(C)c1Br. The maximum Gasteiger partial charge on any atom is 0.354 e. The molecule has 1 aromatic carbocycles. The number of hydrogen-bond acceptors (Lipinski definition) is 3. The molecule has 0 saturated heterocycles. The van der Waals surface area contributed by atoms with Gasteiger partial charge in [0.05, 0.1) is 6.33 Å². The van der Waals surface area contributed by atoms with Gasteiger partial charge in [-0.1, -0.05) is 15.9 Å². The summed E-state index contributed by atoms with van der Waals surface area (Å²) in [6, 6.07) is 3.59. The summed E-state index contributed by atoms with van der Waals surface area (Å²) in [7, 11) is 0. The second kappa shape index (κ2) is 5.46. The molecule has 2 aromatic rings. The lowest BCUT2D eigenvalue weighted by atomic mass is 10.1. The van der Waals surface area contributed by atoms with Gasteiger partial charge in [-0.15, -0.1) is 0 Å². The lowest BCUT2D eigenvalue weighted by Gasteiger charge is -2.09. The Morgan fingerprint density at radius 2 is 1.90 bits per heavy atom. The van der Waals surface area contributed by atoms with E-state index in [-0.39, 0.29) is 11.4 Å². The van der Waals surface area contributed by atoms with E-state index in [1.54, 1.807) is 12.1 Å². The first-order valence-corrected chi connectivity index (χ1v) is 6.54. The largest absolute Gasteiger partial charge is 0.477 e. The van der Waals surface area contributed by atoms with Crippen molar-refractivity contribution in [3.05, 3.63) is 45.4 Å². The average molecular weight is 338 g/mol. The molecule has 3 N–H and O–H groups in total. The third-order valence-electron chi connectivity index (χ3n) is 2.76. The molecule has 0 saturated carbocycles. The standard InChI is InChI=1S/C13H12BrN3O3/c1-6-3-8(4-7(2)9(6)14)17-12(18)10-11(13(19)20)16-5-15-10/h3-5H,1-2H3,(H,15,16)(H,17,18)(H,19,20). The molecule has 0 aliphatic heterocycles. The summed E-state index contributed by atoms with van der Waals surface area (Å²) in [6.07, 6.45) is 1.18. The summed E-state index contributed by atoms with van der Waals surface area (Å²) < 4.78 is 0.974. The van der Waals surface area contributed by atoms with Crippen LogP contribution >= 0.6 is 15.9 Å². The van der Waals surface area contributed by atoms with Crippen LogP contribution in [0.15, 0.2) is 22.9 Å². The van der Waals surface area contributed by atoms with Crippen LogP contribution in [0.25, 0.3) is 0 Å². The van der Waals surface area contributed by atoms with E-state index in [1.165, 1.54) is 6.33 Å². The number of anilines is 1. The van der Waals surface area contributed by atoms with E-state index in [9.17, 15) is 9.59 Å². The van der Waals surface area contributed by atoms with Crippen LogP contribution in [0.1, 0.15) is 32.1 Å². The van der Waals surface area contributed by atoms with E-state index in [2.05, 4.69) is 31.2 Å². The normalized spacial score (nSPS) is 10.3. The summed E-state index contributed by atoms with van der Waals surface area (Å²) in [5, 5.41) is 11.6. The molecular formula is C13H12BrN3O3. The van der Waals surface area contributed by atoms with Gasteiger partial charge in [-0.05, 0) is 37.1 Å². The van der Waals surface area contributed by atoms with Gasteiger partial charge in [-0.2, -0.15) is 0 Å². The van der Waals surface area contributed by atoms with Gasteiger partial charge in [0.15, 0.2) is 11.4 Å². The molecule has 104 valence electrons. The van der Waals surface area contributed by atoms with Crippen molar-refractivity contribution in [2.24, 2.45) is 0 Å². The number of hydrogen-bond donors (Lipinski definition) is 3. The first-order chi connectivity index (χ1) is 9.40. The number of nitrogens with one attached hydrogen (secondary N) is 2. The molecule has 0 fully saturated rings. The van der Waals surface area contributed by atoms with Gasteiger partial charge in [0.25, 0.3) is 5.91 Å². The van der Waals surface area contributed by atoms with Crippen LogP contribution in [-0.4, -0.2) is 27.0 Å². The summed E-state index contributed by atoms with van der Waals surface area (Å²) in [4.78, 5) is 29.1. The number of carbonyl (C=O) groups excluding carboxylic acids is 1. The number of benzene rings is 1. The predicted octanol–water partition coefficient (Wildman–Crippen LogP) is 2.74. The van der Waals surface area contributed by atoms with Gasteiger partial charge in [-0.3, -0.25) is 4.79 Å². The Hall–Kier alpha value is -2.15. The van der Waals surface area contributed by atoms with Crippen LogP contribution in [0, 0.1) is 13.8 Å². The van der Waals surface area contributed by atoms with Gasteiger partial charge in [0.1, 0.15) is 0 Å². The number of nitrogens with zero attached hydrogens (tertiary/aromatic N) is 1. The quantitative estimate of drug-likeness (QED) is 0.802. The maximum absolute atomic E-state index is 12.0. The molecule has 0 aliphatic rings. The molecule has 0 radical (unpaired) electrons. The van der Waals surface area contributed by atoms with Crippen molar-refractivity contribution >= 4 is 33.5 Å². The van der Waals surface area contributed by atoms with Crippen molar-refractivity contribution < 1.29 is 14.7 Å². The number of aromatic amines is 1. The molecular weight excluding hydrogens is 326 g/mol. The summed E-state index contributed by atoms with van der Waals surface area (Å²) in [5.41, 5.74) is 2.16. The fraction of sp³-hybridized carbons (Fsp3) is 0.154. The Bertz CT molecular complexity index is 671. The number of carbonyl (C=O) groups is 2. The highest BCUT2D eigenvalue weighted by molar-refractivity contribution is 9.10. The molecule has 0 spiro atoms. The van der Waals surface area contributed by atoms with Gasteiger partial charge in [0, 0.05) is 10.2 Å². The Labute approximate surface area is 123 Å². The van der Waals surface area contributed by atoms with Crippen molar-refractivity contribution in [3.8, 4) is 0 Å². The maximum atomic E-state index is 12.0. The van der Waals surface area contributed by atoms with Crippen LogP contribution < -0.4 is 5.32 Å². The first-order valence-electron chi connectivity index (χ1n) is 5.75. The topological polar surface area (TPSA) is 95.1 Å². The zero-order chi connectivity index (χ0) is 14.9. The molecule has 20 heavy (non-hydrogen) atoms. The first kappa shape index (κ1) is 14.3. The molecule has 2 rings (SSSR count). The Kier molecular flexibility index (Phi) is 3.89. The Morgan fingerprint density at radius 1 is 1.30 bits per heavy atom. The number of carboxylic acid groups (broad SMARTS) is 1. The fourth-order valence-electron chi connectivity index (χ4n) is 1.84. The van der Waals surface area contributed by atoms with Crippen LogP contribution in [0.3, 0.4) is 0 Å². The highest BCUT2D eigenvalue weighted by atomic mass is 79.9. The van der Waals surface area contributed by atoms with Gasteiger partial charge >= 0.3 is 5.97 Å². The highest BCUT2D eigenvalue weighted by Gasteiger charge is 2.20. The van der Waals surface area contributed by atoms with Crippen LogP contribution in [0.5, 0.6) is 0 Å². The van der Waals surface area contributed by atoms with E-state index in [4.69, 9.17) is 5.11 Å². The van der Waals surface area contributed by atoms with Crippen molar-refractivity contribution in [1.82, 2.24) is 9.97 Å². The monoisotopic (exact) mass is 337 g/mol. The zero-order valence-electron chi connectivity index (χ0n) is 10.8. The third-order valence-corrected chi connectivity index (χ3v) is 4.01. The minimum absolute atomic E-state index is 0.143. The molecule has 1 aromatic heterocycles. The summed E-state index contributed by atoms with van der Waals surface area (Å²) in [5.74, 6) is -1.79. The smallest absolute Gasteiger partial charge is 0.354 e. The Balaban J connectivity index is 2.28. The van der Waals surface area contributed by atoms with E-state index >= 15 is 0 Å². The minimum Gasteiger partial charge on any atom is -0.477 e. The van der Waals surface area contributed by atoms with Crippen LogP contribution in [-0.2, 0) is 0 Å². The number of halogens is 1. The lowest BCUT2D eigenvalue weighted by molar-refractivity contribution is 0.0686. The molecule has 1 heterocycles. The van der Waals surface area contributed by atoms with Crippen molar-refractivity contribution in [2.75, 3.05) is 5.32 Å². The minimum atomic E-state index is -1.23. The number of aromatic carboxylic acids is 1. The second-order valence-corrected chi connectivity index (χ2v) is 5.10. The predicted molar refractivity (Wildman–Crippen MR) is 77.1 cm³/mol. The number of aryl methyl sites for hydroxylation is 2. The number of H-pyrrole nitrogens is 1. The number of carboxylic acids is 1. The lowest BCUT2D eigenvalue weighted by Crippen LogP contribution is -2.16. The number of rotatable bonds is 3. The van der Waals surface area contributed by atoms with E-state index in [0.717, 1.165) is 15.6 Å². The third kappa shape index (κ3) is 2.72. The van der Waals surface area contributed by atoms with Crippen molar-refractivity contribution in [1.29, 1.82) is 0 Å². The molecule has 1 amide bonds. The molecule has 7 heteroatoms. The summed E-state index contributed by atoms with van der Waals surface area (Å²) in [6.45, 7) is 3.81. The molecule has 0 unspecified atom stereocenters. The second-order valence-electron chi connectivity index (χ2n) is 4.31. The fourth-order valence-corrected chi connectivity index (χ4v) is 2.07. The van der Waals surface area contributed by atoms with Gasteiger partial charge in [-0.25, -0.2) is 9.78 Å². The number of imidazole rings is 1. The van der Waals surface area contributed by atoms with Gasteiger partial charge in [0.2, 0.25) is 0 Å². The highest BCUT2D eigenvalue weighted by Crippen LogP contribution is 2.25.